The quantitative estimate of drug-likeness (QED) is 0.544. The number of carbonyl (C=O) groups excluding carboxylic acids is 1. The van der Waals surface area contributed by atoms with Gasteiger partial charge in [0, 0.05) is 31.8 Å². The smallest absolute Gasteiger partial charge is 0.270 e. The number of hydrogen-bond donors (Lipinski definition) is 2. The standard InChI is InChI=1S/C22H24N4O3/c1-28-13-12-23-22(27)19-14-20(24-15-16-8-10-18(29-2)11-9-16)26-21(25-19)17-6-4-3-5-7-17/h3-11,14H,12-13,15H2,1-2H3,(H,23,27)(H,24,25,26). The second-order valence-corrected chi connectivity index (χ2v) is 6.28. The molecule has 0 saturated heterocycles. The van der Waals surface area contributed by atoms with Crippen LogP contribution >= 0.6 is 0 Å². The molecule has 0 aliphatic carbocycles. The van der Waals surface area contributed by atoms with E-state index in [-0.39, 0.29) is 5.91 Å². The third-order valence-corrected chi connectivity index (χ3v) is 4.22. The van der Waals surface area contributed by atoms with E-state index in [1.807, 2.05) is 54.6 Å². The largest absolute Gasteiger partial charge is 0.497 e. The van der Waals surface area contributed by atoms with Gasteiger partial charge in [-0.3, -0.25) is 4.79 Å². The summed E-state index contributed by atoms with van der Waals surface area (Å²) < 4.78 is 10.2. The molecule has 3 aromatic rings. The lowest BCUT2D eigenvalue weighted by molar-refractivity contribution is 0.0932. The van der Waals surface area contributed by atoms with Crippen LogP contribution in [0.2, 0.25) is 0 Å². The van der Waals surface area contributed by atoms with Gasteiger partial charge in [0.25, 0.3) is 5.91 Å². The Morgan fingerprint density at radius 1 is 1.00 bits per heavy atom. The summed E-state index contributed by atoms with van der Waals surface area (Å²) in [4.78, 5) is 21.5. The Hall–Kier alpha value is -3.45. The molecular weight excluding hydrogens is 368 g/mol. The number of carbonyl (C=O) groups is 1. The monoisotopic (exact) mass is 392 g/mol. The van der Waals surface area contributed by atoms with E-state index >= 15 is 0 Å². The fraction of sp³-hybridized carbons (Fsp3) is 0.227. The van der Waals surface area contributed by atoms with E-state index in [4.69, 9.17) is 9.47 Å². The van der Waals surface area contributed by atoms with Crippen molar-refractivity contribution in [1.29, 1.82) is 0 Å². The lowest BCUT2D eigenvalue weighted by atomic mass is 10.2. The van der Waals surface area contributed by atoms with Crippen molar-refractivity contribution >= 4 is 11.7 Å². The number of ether oxygens (including phenoxy) is 2. The predicted molar refractivity (Wildman–Crippen MR) is 112 cm³/mol. The average molecular weight is 392 g/mol. The zero-order valence-electron chi connectivity index (χ0n) is 16.5. The van der Waals surface area contributed by atoms with Crippen molar-refractivity contribution in [3.63, 3.8) is 0 Å². The molecule has 29 heavy (non-hydrogen) atoms. The summed E-state index contributed by atoms with van der Waals surface area (Å²) in [7, 11) is 3.23. The molecule has 1 amide bonds. The first-order valence-electron chi connectivity index (χ1n) is 9.28. The van der Waals surface area contributed by atoms with E-state index < -0.39 is 0 Å². The van der Waals surface area contributed by atoms with E-state index in [0.717, 1.165) is 16.9 Å². The van der Waals surface area contributed by atoms with Gasteiger partial charge in [0.05, 0.1) is 13.7 Å². The van der Waals surface area contributed by atoms with Crippen molar-refractivity contribution < 1.29 is 14.3 Å². The lowest BCUT2D eigenvalue weighted by Gasteiger charge is -2.11. The van der Waals surface area contributed by atoms with Crippen LogP contribution in [0.15, 0.2) is 60.7 Å². The minimum absolute atomic E-state index is 0.269. The number of rotatable bonds is 9. The third-order valence-electron chi connectivity index (χ3n) is 4.22. The van der Waals surface area contributed by atoms with Gasteiger partial charge in [-0.05, 0) is 17.7 Å². The van der Waals surface area contributed by atoms with Crippen LogP contribution in [0.25, 0.3) is 11.4 Å². The van der Waals surface area contributed by atoms with Gasteiger partial charge in [-0.25, -0.2) is 9.97 Å². The van der Waals surface area contributed by atoms with Gasteiger partial charge in [0.2, 0.25) is 0 Å². The number of aromatic nitrogens is 2. The number of hydrogen-bond acceptors (Lipinski definition) is 6. The van der Waals surface area contributed by atoms with Crippen LogP contribution in [0.1, 0.15) is 16.1 Å². The Balaban J connectivity index is 1.82. The van der Waals surface area contributed by atoms with E-state index in [1.165, 1.54) is 0 Å². The molecule has 150 valence electrons. The van der Waals surface area contributed by atoms with E-state index in [1.54, 1.807) is 20.3 Å². The van der Waals surface area contributed by atoms with E-state index in [2.05, 4.69) is 20.6 Å². The first kappa shape index (κ1) is 20.3. The van der Waals surface area contributed by atoms with Crippen LogP contribution < -0.4 is 15.4 Å². The molecule has 0 radical (unpaired) electrons. The van der Waals surface area contributed by atoms with Gasteiger partial charge in [-0.1, -0.05) is 42.5 Å². The summed E-state index contributed by atoms with van der Waals surface area (Å²) in [6.07, 6.45) is 0. The van der Waals surface area contributed by atoms with Crippen molar-refractivity contribution in [2.45, 2.75) is 6.54 Å². The minimum atomic E-state index is -0.269. The molecule has 7 heteroatoms. The summed E-state index contributed by atoms with van der Waals surface area (Å²) in [5.41, 5.74) is 2.20. The topological polar surface area (TPSA) is 85.4 Å². The molecular formula is C22H24N4O3. The minimum Gasteiger partial charge on any atom is -0.497 e. The summed E-state index contributed by atoms with van der Waals surface area (Å²) >= 11 is 0. The van der Waals surface area contributed by atoms with Crippen molar-refractivity contribution in [3.05, 3.63) is 71.9 Å². The lowest BCUT2D eigenvalue weighted by Crippen LogP contribution is -2.28. The Kier molecular flexibility index (Phi) is 7.13. The Morgan fingerprint density at radius 2 is 1.76 bits per heavy atom. The molecule has 1 aromatic heterocycles. The highest BCUT2D eigenvalue weighted by Gasteiger charge is 2.13. The van der Waals surface area contributed by atoms with Crippen LogP contribution in [-0.4, -0.2) is 43.2 Å². The third kappa shape index (κ3) is 5.76. The second kappa shape index (κ2) is 10.2. The fourth-order valence-electron chi connectivity index (χ4n) is 2.66. The normalized spacial score (nSPS) is 10.4. The molecule has 0 bridgehead atoms. The van der Waals surface area contributed by atoms with Crippen molar-refractivity contribution in [2.24, 2.45) is 0 Å². The molecule has 0 atom stereocenters. The zero-order chi connectivity index (χ0) is 20.5. The first-order chi connectivity index (χ1) is 14.2. The van der Waals surface area contributed by atoms with Crippen LogP contribution in [0.3, 0.4) is 0 Å². The number of methoxy groups -OCH3 is 2. The molecule has 7 nitrogen and oxygen atoms in total. The molecule has 2 aromatic carbocycles. The highest BCUT2D eigenvalue weighted by Crippen LogP contribution is 2.19. The van der Waals surface area contributed by atoms with Gasteiger partial charge >= 0.3 is 0 Å². The summed E-state index contributed by atoms with van der Waals surface area (Å²) in [5.74, 6) is 1.60. The molecule has 0 fully saturated rings. The maximum absolute atomic E-state index is 12.5. The van der Waals surface area contributed by atoms with Crippen molar-refractivity contribution in [2.75, 3.05) is 32.7 Å². The van der Waals surface area contributed by atoms with Crippen LogP contribution in [0.5, 0.6) is 5.75 Å². The van der Waals surface area contributed by atoms with Crippen LogP contribution in [0, 0.1) is 0 Å². The van der Waals surface area contributed by atoms with Gasteiger partial charge in [0.1, 0.15) is 17.3 Å². The van der Waals surface area contributed by atoms with E-state index in [0.29, 0.717) is 37.0 Å². The molecule has 0 aliphatic rings. The predicted octanol–water partition coefficient (Wildman–Crippen LogP) is 3.14. The molecule has 3 rings (SSSR count). The van der Waals surface area contributed by atoms with Crippen molar-refractivity contribution in [3.8, 4) is 17.1 Å². The van der Waals surface area contributed by atoms with Gasteiger partial charge in [0.15, 0.2) is 5.82 Å². The molecule has 0 spiro atoms. The molecule has 0 saturated carbocycles. The fourth-order valence-corrected chi connectivity index (χ4v) is 2.66. The Labute approximate surface area is 170 Å². The molecule has 0 aliphatic heterocycles. The summed E-state index contributed by atoms with van der Waals surface area (Å²) in [6.45, 7) is 1.40. The van der Waals surface area contributed by atoms with E-state index in [9.17, 15) is 4.79 Å². The maximum Gasteiger partial charge on any atom is 0.270 e. The first-order valence-corrected chi connectivity index (χ1v) is 9.28. The Morgan fingerprint density at radius 3 is 2.45 bits per heavy atom. The van der Waals surface area contributed by atoms with Gasteiger partial charge in [-0.15, -0.1) is 0 Å². The maximum atomic E-state index is 12.5. The highest BCUT2D eigenvalue weighted by molar-refractivity contribution is 5.93. The van der Waals surface area contributed by atoms with Gasteiger partial charge < -0.3 is 20.1 Å². The van der Waals surface area contributed by atoms with Crippen LogP contribution in [0.4, 0.5) is 5.82 Å². The molecule has 1 heterocycles. The number of nitrogens with zero attached hydrogens (tertiary/aromatic N) is 2. The molecule has 2 N–H and O–H groups in total. The zero-order valence-corrected chi connectivity index (χ0v) is 16.5. The van der Waals surface area contributed by atoms with Crippen molar-refractivity contribution in [1.82, 2.24) is 15.3 Å². The number of amides is 1. The second-order valence-electron chi connectivity index (χ2n) is 6.28. The SMILES string of the molecule is COCCNC(=O)c1cc(NCc2ccc(OC)cc2)nc(-c2ccccc2)n1. The highest BCUT2D eigenvalue weighted by atomic mass is 16.5. The average Bonchev–Trinajstić information content (AvgIpc) is 2.78. The number of benzene rings is 2. The van der Waals surface area contributed by atoms with Gasteiger partial charge in [-0.2, -0.15) is 0 Å². The summed E-state index contributed by atoms with van der Waals surface area (Å²) in [5, 5.41) is 6.07. The molecule has 0 unspecified atom stereocenters. The number of nitrogens with one attached hydrogen (secondary N) is 2. The summed E-state index contributed by atoms with van der Waals surface area (Å²) in [6, 6.07) is 19.0. The Bertz CT molecular complexity index is 931. The van der Waals surface area contributed by atoms with Crippen LogP contribution in [-0.2, 0) is 11.3 Å². The number of anilines is 1.